The molecule has 0 bridgehead atoms. The molecule has 0 aliphatic rings. The fourth-order valence-electron chi connectivity index (χ4n) is 2.23. The lowest BCUT2D eigenvalue weighted by atomic mass is 10.1. The van der Waals surface area contributed by atoms with Crippen molar-refractivity contribution in [1.29, 1.82) is 5.26 Å². The lowest BCUT2D eigenvalue weighted by molar-refractivity contribution is 0.807. The van der Waals surface area contributed by atoms with Gasteiger partial charge in [-0.05, 0) is 29.8 Å². The number of hydrogen-bond donors (Lipinski definition) is 0. The summed E-state index contributed by atoms with van der Waals surface area (Å²) in [6.45, 7) is 0.695. The molecule has 1 aromatic heterocycles. The summed E-state index contributed by atoms with van der Waals surface area (Å²) < 4.78 is 3.13. The van der Waals surface area contributed by atoms with E-state index in [1.165, 1.54) is 0 Å². The zero-order valence-electron chi connectivity index (χ0n) is 11.2. The van der Waals surface area contributed by atoms with Crippen LogP contribution in [0, 0.1) is 11.3 Å². The molecule has 0 amide bonds. The Morgan fingerprint density at radius 1 is 1.14 bits per heavy atom. The summed E-state index contributed by atoms with van der Waals surface area (Å²) in [6.07, 6.45) is 3.75. The maximum atomic E-state index is 8.97. The van der Waals surface area contributed by atoms with Crippen molar-refractivity contribution >= 4 is 15.9 Å². The van der Waals surface area contributed by atoms with Gasteiger partial charge in [-0.1, -0.05) is 40.2 Å². The van der Waals surface area contributed by atoms with Crippen molar-refractivity contribution in [3.05, 3.63) is 76.5 Å². The Kier molecular flexibility index (Phi) is 3.85. The number of nitrogens with zero attached hydrogens (tertiary/aromatic N) is 3. The Hall–Kier alpha value is -2.38. The molecule has 2 aromatic carbocycles. The fraction of sp³-hybridized carbons (Fsp3) is 0.0588. The summed E-state index contributed by atoms with van der Waals surface area (Å²) in [6, 6.07) is 17.9. The Bertz CT molecular complexity index is 797. The van der Waals surface area contributed by atoms with Crippen molar-refractivity contribution in [2.75, 3.05) is 0 Å². The lowest BCUT2D eigenvalue weighted by Crippen LogP contribution is -2.01. The molecule has 1 heterocycles. The predicted molar refractivity (Wildman–Crippen MR) is 85.6 cm³/mol. The second-order valence-corrected chi connectivity index (χ2v) is 5.61. The lowest BCUT2D eigenvalue weighted by Gasteiger charge is -2.08. The van der Waals surface area contributed by atoms with Crippen molar-refractivity contribution < 1.29 is 0 Å². The molecule has 0 fully saturated rings. The summed E-state index contributed by atoms with van der Waals surface area (Å²) in [7, 11) is 0. The smallest absolute Gasteiger partial charge is 0.140 e. The van der Waals surface area contributed by atoms with Crippen LogP contribution < -0.4 is 0 Å². The van der Waals surface area contributed by atoms with Gasteiger partial charge in [0.15, 0.2) is 0 Å². The van der Waals surface area contributed by atoms with Crippen LogP contribution in [0.15, 0.2) is 65.4 Å². The molecule has 0 atom stereocenters. The van der Waals surface area contributed by atoms with Gasteiger partial charge >= 0.3 is 0 Å². The summed E-state index contributed by atoms with van der Waals surface area (Å²) in [4.78, 5) is 4.44. The Labute approximate surface area is 131 Å². The first-order valence-corrected chi connectivity index (χ1v) is 7.32. The fourth-order valence-corrected chi connectivity index (χ4v) is 2.50. The minimum atomic E-state index is 0.679. The van der Waals surface area contributed by atoms with Crippen molar-refractivity contribution in [1.82, 2.24) is 9.55 Å². The van der Waals surface area contributed by atoms with Gasteiger partial charge in [0.05, 0.1) is 11.6 Å². The topological polar surface area (TPSA) is 41.6 Å². The molecule has 21 heavy (non-hydrogen) atoms. The summed E-state index contributed by atoms with van der Waals surface area (Å²) in [5.74, 6) is 0.921. The second kappa shape index (κ2) is 5.94. The van der Waals surface area contributed by atoms with Crippen molar-refractivity contribution in [2.24, 2.45) is 0 Å². The van der Waals surface area contributed by atoms with Gasteiger partial charge < -0.3 is 4.57 Å². The average molecular weight is 338 g/mol. The maximum Gasteiger partial charge on any atom is 0.140 e. The Morgan fingerprint density at radius 2 is 1.95 bits per heavy atom. The Balaban J connectivity index is 1.92. The zero-order chi connectivity index (χ0) is 14.7. The van der Waals surface area contributed by atoms with Gasteiger partial charge in [0, 0.05) is 29.0 Å². The second-order valence-electron chi connectivity index (χ2n) is 4.70. The third-order valence-electron chi connectivity index (χ3n) is 3.23. The number of benzene rings is 2. The van der Waals surface area contributed by atoms with Crippen molar-refractivity contribution in [3.63, 3.8) is 0 Å². The van der Waals surface area contributed by atoms with Crippen LogP contribution in [0.2, 0.25) is 0 Å². The SMILES string of the molecule is N#Cc1cccc(Cn2ccnc2-c2ccc(Br)cc2)c1. The standard InChI is InChI=1S/C17H12BrN3/c18-16-6-4-15(5-7-16)17-20-8-9-21(17)12-14-3-1-2-13(10-14)11-19/h1-10H,12H2. The number of rotatable bonds is 3. The first-order chi connectivity index (χ1) is 10.3. The molecule has 4 heteroatoms. The molecule has 0 unspecified atom stereocenters. The van der Waals surface area contributed by atoms with Gasteiger partial charge in [-0.25, -0.2) is 4.98 Å². The van der Waals surface area contributed by atoms with E-state index in [2.05, 4.69) is 31.6 Å². The van der Waals surface area contributed by atoms with Crippen molar-refractivity contribution in [2.45, 2.75) is 6.54 Å². The molecule has 102 valence electrons. The molecule has 0 aliphatic carbocycles. The van der Waals surface area contributed by atoms with Crippen LogP contribution in [0.1, 0.15) is 11.1 Å². The quantitative estimate of drug-likeness (QED) is 0.717. The number of aromatic nitrogens is 2. The van der Waals surface area contributed by atoms with Gasteiger partial charge in [-0.2, -0.15) is 5.26 Å². The van der Waals surface area contributed by atoms with Gasteiger partial charge in [0.1, 0.15) is 5.82 Å². The number of halogens is 1. The summed E-state index contributed by atoms with van der Waals surface area (Å²) in [5.41, 5.74) is 2.84. The zero-order valence-corrected chi connectivity index (χ0v) is 12.8. The third-order valence-corrected chi connectivity index (χ3v) is 3.76. The molecular formula is C17H12BrN3. The van der Waals surface area contributed by atoms with Crippen LogP contribution in [0.4, 0.5) is 0 Å². The van der Waals surface area contributed by atoms with E-state index in [1.54, 1.807) is 6.20 Å². The van der Waals surface area contributed by atoms with Gasteiger partial charge in [-0.15, -0.1) is 0 Å². The third kappa shape index (κ3) is 3.04. The number of imidazole rings is 1. The van der Waals surface area contributed by atoms with E-state index in [9.17, 15) is 0 Å². The molecule has 3 nitrogen and oxygen atoms in total. The highest BCUT2D eigenvalue weighted by Crippen LogP contribution is 2.21. The van der Waals surface area contributed by atoms with E-state index >= 15 is 0 Å². The van der Waals surface area contributed by atoms with Gasteiger partial charge in [-0.3, -0.25) is 0 Å². The number of nitriles is 1. The highest BCUT2D eigenvalue weighted by atomic mass is 79.9. The average Bonchev–Trinajstić information content (AvgIpc) is 2.96. The predicted octanol–water partition coefficient (Wildman–Crippen LogP) is 4.23. The van der Waals surface area contributed by atoms with E-state index in [0.29, 0.717) is 12.1 Å². The highest BCUT2D eigenvalue weighted by Gasteiger charge is 2.06. The Morgan fingerprint density at radius 3 is 2.71 bits per heavy atom. The maximum absolute atomic E-state index is 8.97. The normalized spacial score (nSPS) is 10.3. The first kappa shape index (κ1) is 13.6. The first-order valence-electron chi connectivity index (χ1n) is 6.52. The monoisotopic (exact) mass is 337 g/mol. The van der Waals surface area contributed by atoms with Gasteiger partial charge in [0.25, 0.3) is 0 Å². The molecule has 0 N–H and O–H groups in total. The van der Waals surface area contributed by atoms with E-state index in [4.69, 9.17) is 5.26 Å². The van der Waals surface area contributed by atoms with Crippen LogP contribution in [0.3, 0.4) is 0 Å². The molecule has 0 saturated heterocycles. The molecule has 0 aliphatic heterocycles. The molecule has 0 radical (unpaired) electrons. The molecule has 3 rings (SSSR count). The largest absolute Gasteiger partial charge is 0.327 e. The van der Waals surface area contributed by atoms with Crippen LogP contribution >= 0.6 is 15.9 Å². The molecule has 0 saturated carbocycles. The highest BCUT2D eigenvalue weighted by molar-refractivity contribution is 9.10. The summed E-state index contributed by atoms with van der Waals surface area (Å²) >= 11 is 3.44. The van der Waals surface area contributed by atoms with E-state index in [-0.39, 0.29) is 0 Å². The molecular weight excluding hydrogens is 326 g/mol. The molecule has 0 spiro atoms. The van der Waals surface area contributed by atoms with E-state index < -0.39 is 0 Å². The van der Waals surface area contributed by atoms with Crippen LogP contribution in [-0.2, 0) is 6.54 Å². The van der Waals surface area contributed by atoms with Gasteiger partial charge in [0.2, 0.25) is 0 Å². The molecule has 3 aromatic rings. The number of hydrogen-bond acceptors (Lipinski definition) is 2. The van der Waals surface area contributed by atoms with E-state index in [1.807, 2.05) is 54.7 Å². The summed E-state index contributed by atoms with van der Waals surface area (Å²) in [5, 5.41) is 8.97. The van der Waals surface area contributed by atoms with Crippen LogP contribution in [0.25, 0.3) is 11.4 Å². The van der Waals surface area contributed by atoms with Crippen LogP contribution in [-0.4, -0.2) is 9.55 Å². The van der Waals surface area contributed by atoms with E-state index in [0.717, 1.165) is 21.4 Å². The minimum Gasteiger partial charge on any atom is -0.327 e. The van der Waals surface area contributed by atoms with Crippen molar-refractivity contribution in [3.8, 4) is 17.5 Å². The van der Waals surface area contributed by atoms with Crippen LogP contribution in [0.5, 0.6) is 0 Å². The minimum absolute atomic E-state index is 0.679.